The van der Waals surface area contributed by atoms with Crippen LogP contribution in [0.4, 0.5) is 23.2 Å². The van der Waals surface area contributed by atoms with E-state index in [9.17, 15) is 22.4 Å². The van der Waals surface area contributed by atoms with Gasteiger partial charge in [0.15, 0.2) is 0 Å². The van der Waals surface area contributed by atoms with Gasteiger partial charge in [-0.05, 0) is 66.1 Å². The topological polar surface area (TPSA) is 46.4 Å². The average Bonchev–Trinajstić information content (AvgIpc) is 3.26. The minimum Gasteiger partial charge on any atom is -0.324 e. The van der Waals surface area contributed by atoms with E-state index in [2.05, 4.69) is 5.32 Å². The Hall–Kier alpha value is -4.17. The van der Waals surface area contributed by atoms with Crippen molar-refractivity contribution in [2.45, 2.75) is 19.0 Å². The van der Waals surface area contributed by atoms with Crippen molar-refractivity contribution < 1.29 is 22.4 Å². The first-order valence-corrected chi connectivity index (χ1v) is 12.1. The van der Waals surface area contributed by atoms with E-state index in [-0.39, 0.29) is 24.4 Å². The van der Waals surface area contributed by atoms with Crippen LogP contribution < -0.4 is 5.32 Å². The summed E-state index contributed by atoms with van der Waals surface area (Å²) in [5.74, 6) is -0.927. The summed E-state index contributed by atoms with van der Waals surface area (Å²) in [6, 6.07) is 21.5. The Morgan fingerprint density at radius 1 is 0.895 bits per heavy atom. The molecule has 0 saturated heterocycles. The van der Waals surface area contributed by atoms with E-state index >= 15 is 0 Å². The van der Waals surface area contributed by atoms with Gasteiger partial charge in [0, 0.05) is 23.2 Å². The van der Waals surface area contributed by atoms with Gasteiger partial charge in [-0.25, -0.2) is 9.37 Å². The minimum atomic E-state index is -4.46. The molecule has 0 atom stereocenters. The second-order valence-electron chi connectivity index (χ2n) is 8.67. The number of carbonyl (C=O) groups is 1. The van der Waals surface area contributed by atoms with E-state index in [1.165, 1.54) is 24.3 Å². The lowest BCUT2D eigenvalue weighted by atomic mass is 10.0. The SMILES string of the molecule is O=C(CCc1c(-c2ccc(Cl)cc2)nc2ccc(-c3cccc(C(F)(F)F)c3)cn12)Nc1ccccc1F. The van der Waals surface area contributed by atoms with E-state index in [4.69, 9.17) is 16.6 Å². The van der Waals surface area contributed by atoms with Crippen LogP contribution in [0.1, 0.15) is 17.7 Å². The Balaban J connectivity index is 1.53. The molecule has 2 heterocycles. The lowest BCUT2D eigenvalue weighted by Gasteiger charge is -2.11. The quantitative estimate of drug-likeness (QED) is 0.223. The Kier molecular flexibility index (Phi) is 6.91. The van der Waals surface area contributed by atoms with Crippen LogP contribution in [0.15, 0.2) is 91.1 Å². The first-order valence-electron chi connectivity index (χ1n) is 11.7. The fourth-order valence-corrected chi connectivity index (χ4v) is 4.35. The summed E-state index contributed by atoms with van der Waals surface area (Å²) in [7, 11) is 0. The number of imidazole rings is 1. The molecule has 1 amide bonds. The van der Waals surface area contributed by atoms with E-state index in [0.29, 0.717) is 33.2 Å². The standard InChI is InChI=1S/C29H20ClF4N3O/c30-22-11-8-18(9-12-22)28-25(13-15-27(38)35-24-7-2-1-6-23(24)31)37-17-20(10-14-26(37)36-28)19-4-3-5-21(16-19)29(32,33)34/h1-12,14,16-17H,13,15H2,(H,35,38). The number of alkyl halides is 3. The van der Waals surface area contributed by atoms with Crippen molar-refractivity contribution in [3.63, 3.8) is 0 Å². The number of nitrogens with zero attached hydrogens (tertiary/aromatic N) is 2. The van der Waals surface area contributed by atoms with Crippen LogP contribution in [0.25, 0.3) is 28.0 Å². The second-order valence-corrected chi connectivity index (χ2v) is 9.10. The van der Waals surface area contributed by atoms with Crippen LogP contribution in [0.5, 0.6) is 0 Å². The molecule has 0 aliphatic carbocycles. The zero-order chi connectivity index (χ0) is 26.9. The number of nitrogens with one attached hydrogen (secondary N) is 1. The molecular formula is C29H20ClF4N3O. The summed E-state index contributed by atoms with van der Waals surface area (Å²) in [6.07, 6.45) is -2.49. The lowest BCUT2D eigenvalue weighted by molar-refractivity contribution is -0.137. The summed E-state index contributed by atoms with van der Waals surface area (Å²) < 4.78 is 55.6. The number of fused-ring (bicyclic) bond motifs is 1. The van der Waals surface area contributed by atoms with Crippen LogP contribution in [-0.4, -0.2) is 15.3 Å². The smallest absolute Gasteiger partial charge is 0.324 e. The van der Waals surface area contributed by atoms with Gasteiger partial charge in [0.25, 0.3) is 0 Å². The van der Waals surface area contributed by atoms with Crippen LogP contribution >= 0.6 is 11.6 Å². The summed E-state index contributed by atoms with van der Waals surface area (Å²) in [6.45, 7) is 0. The third-order valence-corrected chi connectivity index (χ3v) is 6.35. The molecule has 0 bridgehead atoms. The van der Waals surface area contributed by atoms with E-state index in [1.807, 2.05) is 0 Å². The molecule has 0 saturated carbocycles. The number of aryl methyl sites for hydroxylation is 1. The normalized spacial score (nSPS) is 11.6. The number of pyridine rings is 1. The molecule has 38 heavy (non-hydrogen) atoms. The van der Waals surface area contributed by atoms with Gasteiger partial charge in [-0.3, -0.25) is 4.79 Å². The number of amides is 1. The van der Waals surface area contributed by atoms with Gasteiger partial charge in [0.05, 0.1) is 22.6 Å². The molecule has 0 radical (unpaired) electrons. The van der Waals surface area contributed by atoms with Crippen molar-refractivity contribution in [2.24, 2.45) is 0 Å². The van der Waals surface area contributed by atoms with Crippen LogP contribution in [0.3, 0.4) is 0 Å². The van der Waals surface area contributed by atoms with Gasteiger partial charge in [-0.15, -0.1) is 0 Å². The van der Waals surface area contributed by atoms with Crippen molar-refractivity contribution in [2.75, 3.05) is 5.32 Å². The number of para-hydroxylation sites is 1. The maximum absolute atomic E-state index is 14.0. The first-order chi connectivity index (χ1) is 18.2. The Bertz CT molecular complexity index is 1630. The number of benzene rings is 3. The van der Waals surface area contributed by atoms with Gasteiger partial charge < -0.3 is 9.72 Å². The molecule has 2 aromatic heterocycles. The highest BCUT2D eigenvalue weighted by atomic mass is 35.5. The second kappa shape index (κ2) is 10.3. The summed E-state index contributed by atoms with van der Waals surface area (Å²) >= 11 is 6.05. The molecule has 0 unspecified atom stereocenters. The summed E-state index contributed by atoms with van der Waals surface area (Å²) in [5, 5.41) is 3.13. The highest BCUT2D eigenvalue weighted by Gasteiger charge is 2.30. The van der Waals surface area contributed by atoms with Crippen molar-refractivity contribution in [3.8, 4) is 22.4 Å². The number of carbonyl (C=O) groups excluding carboxylic acids is 1. The highest BCUT2D eigenvalue weighted by molar-refractivity contribution is 6.30. The number of hydrogen-bond acceptors (Lipinski definition) is 2. The van der Waals surface area contributed by atoms with Gasteiger partial charge in [-0.1, -0.05) is 48.0 Å². The van der Waals surface area contributed by atoms with Gasteiger partial charge in [-0.2, -0.15) is 13.2 Å². The van der Waals surface area contributed by atoms with Gasteiger partial charge >= 0.3 is 6.18 Å². The zero-order valence-corrected chi connectivity index (χ0v) is 20.5. The first kappa shape index (κ1) is 25.5. The van der Waals surface area contributed by atoms with Crippen molar-refractivity contribution >= 4 is 28.8 Å². The third kappa shape index (κ3) is 5.40. The molecule has 192 valence electrons. The van der Waals surface area contributed by atoms with Crippen LogP contribution in [-0.2, 0) is 17.4 Å². The maximum Gasteiger partial charge on any atom is 0.416 e. The number of rotatable bonds is 6. The Morgan fingerprint density at radius 3 is 2.37 bits per heavy atom. The van der Waals surface area contributed by atoms with Gasteiger partial charge in [0.2, 0.25) is 5.91 Å². The monoisotopic (exact) mass is 537 g/mol. The molecule has 3 aromatic carbocycles. The molecule has 5 aromatic rings. The average molecular weight is 538 g/mol. The lowest BCUT2D eigenvalue weighted by Crippen LogP contribution is -2.14. The van der Waals surface area contributed by atoms with E-state index in [1.54, 1.807) is 59.1 Å². The zero-order valence-electron chi connectivity index (χ0n) is 19.8. The number of anilines is 1. The van der Waals surface area contributed by atoms with Crippen molar-refractivity contribution in [3.05, 3.63) is 113 Å². The van der Waals surface area contributed by atoms with E-state index < -0.39 is 17.6 Å². The third-order valence-electron chi connectivity index (χ3n) is 6.10. The Labute approximate surface area is 220 Å². The fraction of sp³-hybridized carbons (Fsp3) is 0.103. The molecule has 5 rings (SSSR count). The van der Waals surface area contributed by atoms with Crippen LogP contribution in [0, 0.1) is 5.82 Å². The molecule has 0 spiro atoms. The number of halogens is 5. The molecule has 9 heteroatoms. The summed E-state index contributed by atoms with van der Waals surface area (Å²) in [4.78, 5) is 17.4. The Morgan fingerprint density at radius 2 is 1.63 bits per heavy atom. The molecule has 0 fully saturated rings. The molecule has 1 N–H and O–H groups in total. The minimum absolute atomic E-state index is 0.0243. The maximum atomic E-state index is 14.0. The number of aromatic nitrogens is 2. The highest BCUT2D eigenvalue weighted by Crippen LogP contribution is 2.33. The van der Waals surface area contributed by atoms with Crippen LogP contribution in [0.2, 0.25) is 5.02 Å². The predicted octanol–water partition coefficient (Wildman–Crippen LogP) is 8.05. The van der Waals surface area contributed by atoms with Gasteiger partial charge in [0.1, 0.15) is 11.5 Å². The fourth-order valence-electron chi connectivity index (χ4n) is 4.22. The molecule has 0 aliphatic rings. The largest absolute Gasteiger partial charge is 0.416 e. The van der Waals surface area contributed by atoms with E-state index in [0.717, 1.165) is 17.7 Å². The molecule has 0 aliphatic heterocycles. The van der Waals surface area contributed by atoms with Crippen molar-refractivity contribution in [1.82, 2.24) is 9.38 Å². The summed E-state index contributed by atoms with van der Waals surface area (Å²) in [5.41, 5.74) is 2.92. The number of hydrogen-bond donors (Lipinski definition) is 1. The van der Waals surface area contributed by atoms with Crippen molar-refractivity contribution in [1.29, 1.82) is 0 Å². The molecular weight excluding hydrogens is 518 g/mol. The molecule has 4 nitrogen and oxygen atoms in total. The predicted molar refractivity (Wildman–Crippen MR) is 139 cm³/mol.